The lowest BCUT2D eigenvalue weighted by Gasteiger charge is -1.94. The normalized spacial score (nSPS) is 10.0. The van der Waals surface area contributed by atoms with Crippen LogP contribution in [0.25, 0.3) is 11.3 Å². The number of oxazole rings is 1. The molecule has 0 aliphatic carbocycles. The number of rotatable bonds is 1. The maximum absolute atomic E-state index is 5.55. The van der Waals surface area contributed by atoms with Gasteiger partial charge in [-0.15, -0.1) is 0 Å². The Morgan fingerprint density at radius 1 is 1.25 bits per heavy atom. The molecule has 2 rings (SSSR count). The third-order valence-corrected chi connectivity index (χ3v) is 1.54. The number of nitrogens with two attached hydrogens (primary N) is 1. The van der Waals surface area contributed by atoms with Crippen LogP contribution in [0.5, 0.6) is 0 Å². The summed E-state index contributed by atoms with van der Waals surface area (Å²) >= 11 is 0. The van der Waals surface area contributed by atoms with Crippen LogP contribution in [0.2, 0.25) is 0 Å². The second-order valence-corrected chi connectivity index (χ2v) is 2.30. The summed E-state index contributed by atoms with van der Waals surface area (Å²) in [7, 11) is 0. The summed E-state index contributed by atoms with van der Waals surface area (Å²) in [5.74, 6) is 0.999. The fourth-order valence-electron chi connectivity index (χ4n) is 0.974. The van der Waals surface area contributed by atoms with Gasteiger partial charge in [0.1, 0.15) is 0 Å². The molecule has 0 saturated carbocycles. The largest absolute Gasteiger partial charge is 0.441 e. The number of aromatic nitrogens is 2. The topological polar surface area (TPSA) is 64.9 Å². The summed E-state index contributed by atoms with van der Waals surface area (Å²) in [5, 5.41) is 0. The van der Waals surface area contributed by atoms with Crippen molar-refractivity contribution in [2.75, 3.05) is 5.73 Å². The highest BCUT2D eigenvalue weighted by molar-refractivity contribution is 5.66. The Balaban J connectivity index is 2.51. The molecular formula is C8H7N3O. The molecule has 0 spiro atoms. The van der Waals surface area contributed by atoms with Crippen molar-refractivity contribution in [3.05, 3.63) is 30.9 Å². The Kier molecular flexibility index (Phi) is 1.51. The van der Waals surface area contributed by atoms with Gasteiger partial charge in [-0.25, -0.2) is 0 Å². The van der Waals surface area contributed by atoms with Crippen LogP contribution in [0.15, 0.2) is 35.3 Å². The van der Waals surface area contributed by atoms with E-state index in [9.17, 15) is 0 Å². The highest BCUT2D eigenvalue weighted by Crippen LogP contribution is 2.23. The van der Waals surface area contributed by atoms with Gasteiger partial charge in [0, 0.05) is 18.0 Å². The zero-order chi connectivity index (χ0) is 8.39. The van der Waals surface area contributed by atoms with Crippen molar-refractivity contribution in [1.82, 2.24) is 9.97 Å². The first-order valence-corrected chi connectivity index (χ1v) is 3.47. The van der Waals surface area contributed by atoms with Crippen molar-refractivity contribution >= 4 is 5.82 Å². The molecule has 0 bridgehead atoms. The van der Waals surface area contributed by atoms with Gasteiger partial charge in [-0.2, -0.15) is 4.98 Å². The van der Waals surface area contributed by atoms with Crippen molar-refractivity contribution < 1.29 is 4.42 Å². The van der Waals surface area contributed by atoms with Crippen LogP contribution in [0.1, 0.15) is 0 Å². The van der Waals surface area contributed by atoms with E-state index in [1.54, 1.807) is 12.4 Å². The van der Waals surface area contributed by atoms with Crippen LogP contribution >= 0.6 is 0 Å². The van der Waals surface area contributed by atoms with Crippen molar-refractivity contribution in [2.24, 2.45) is 0 Å². The third kappa shape index (κ3) is 1.03. The number of nitrogen functional groups attached to an aromatic ring is 1. The molecule has 0 aliphatic rings. The van der Waals surface area contributed by atoms with E-state index in [2.05, 4.69) is 9.97 Å². The van der Waals surface area contributed by atoms with E-state index in [1.165, 1.54) is 6.39 Å². The Morgan fingerprint density at radius 3 is 2.58 bits per heavy atom. The SMILES string of the molecule is Nc1ncoc1-c1ccncc1. The molecule has 12 heavy (non-hydrogen) atoms. The van der Waals surface area contributed by atoms with Crippen molar-refractivity contribution in [3.8, 4) is 11.3 Å². The molecule has 2 aromatic rings. The predicted molar refractivity (Wildman–Crippen MR) is 44.1 cm³/mol. The molecule has 2 aromatic heterocycles. The maximum Gasteiger partial charge on any atom is 0.183 e. The van der Waals surface area contributed by atoms with Crippen molar-refractivity contribution in [2.45, 2.75) is 0 Å². The van der Waals surface area contributed by atoms with Crippen LogP contribution in [0.4, 0.5) is 5.82 Å². The quantitative estimate of drug-likeness (QED) is 0.685. The van der Waals surface area contributed by atoms with Gasteiger partial charge in [0.05, 0.1) is 0 Å². The summed E-state index contributed by atoms with van der Waals surface area (Å²) < 4.78 is 5.09. The molecule has 2 N–H and O–H groups in total. The molecule has 4 heteroatoms. The standard InChI is InChI=1S/C8H7N3O/c9-8-7(12-5-11-8)6-1-3-10-4-2-6/h1-5H,9H2. The lowest BCUT2D eigenvalue weighted by molar-refractivity contribution is 0.572. The number of anilines is 1. The minimum Gasteiger partial charge on any atom is -0.441 e. The van der Waals surface area contributed by atoms with Gasteiger partial charge in [-0.1, -0.05) is 0 Å². The van der Waals surface area contributed by atoms with Crippen LogP contribution in [-0.4, -0.2) is 9.97 Å². The minimum absolute atomic E-state index is 0.404. The van der Waals surface area contributed by atoms with E-state index >= 15 is 0 Å². The average Bonchev–Trinajstić information content (AvgIpc) is 2.53. The van der Waals surface area contributed by atoms with Crippen molar-refractivity contribution in [1.29, 1.82) is 0 Å². The molecule has 0 unspecified atom stereocenters. The fraction of sp³-hybridized carbons (Fsp3) is 0. The predicted octanol–water partition coefficient (Wildman–Crippen LogP) is 1.32. The second-order valence-electron chi connectivity index (χ2n) is 2.30. The third-order valence-electron chi connectivity index (χ3n) is 1.54. The van der Waals surface area contributed by atoms with Crippen LogP contribution in [0, 0.1) is 0 Å². The first-order valence-electron chi connectivity index (χ1n) is 3.47. The van der Waals surface area contributed by atoms with Crippen LogP contribution < -0.4 is 5.73 Å². The first-order chi connectivity index (χ1) is 5.88. The second kappa shape index (κ2) is 2.65. The molecule has 0 radical (unpaired) electrons. The molecule has 0 aliphatic heterocycles. The summed E-state index contributed by atoms with van der Waals surface area (Å²) in [4.78, 5) is 7.67. The summed E-state index contributed by atoms with van der Waals surface area (Å²) in [6.07, 6.45) is 4.68. The van der Waals surface area contributed by atoms with Gasteiger partial charge in [-0.3, -0.25) is 4.98 Å². The van der Waals surface area contributed by atoms with Gasteiger partial charge in [0.15, 0.2) is 18.0 Å². The van der Waals surface area contributed by atoms with Crippen LogP contribution in [0.3, 0.4) is 0 Å². The van der Waals surface area contributed by atoms with E-state index in [0.717, 1.165) is 5.56 Å². The summed E-state index contributed by atoms with van der Waals surface area (Å²) in [6, 6.07) is 3.63. The molecule has 0 amide bonds. The fourth-order valence-corrected chi connectivity index (χ4v) is 0.974. The smallest absolute Gasteiger partial charge is 0.183 e. The molecule has 60 valence electrons. The Bertz CT molecular complexity index is 369. The van der Waals surface area contributed by atoms with Gasteiger partial charge in [-0.05, 0) is 12.1 Å². The van der Waals surface area contributed by atoms with Gasteiger partial charge in [0.25, 0.3) is 0 Å². The summed E-state index contributed by atoms with van der Waals surface area (Å²) in [6.45, 7) is 0. The van der Waals surface area contributed by atoms with E-state index in [4.69, 9.17) is 10.2 Å². The number of pyridine rings is 1. The number of hydrogen-bond donors (Lipinski definition) is 1. The van der Waals surface area contributed by atoms with Gasteiger partial charge < -0.3 is 10.2 Å². The number of nitrogens with zero attached hydrogens (tertiary/aromatic N) is 2. The molecule has 4 nitrogen and oxygen atoms in total. The Hall–Kier alpha value is -1.84. The number of hydrogen-bond acceptors (Lipinski definition) is 4. The van der Waals surface area contributed by atoms with E-state index in [0.29, 0.717) is 11.6 Å². The molecule has 0 aromatic carbocycles. The highest BCUT2D eigenvalue weighted by atomic mass is 16.3. The van der Waals surface area contributed by atoms with Gasteiger partial charge >= 0.3 is 0 Å². The molecule has 0 atom stereocenters. The average molecular weight is 161 g/mol. The first kappa shape index (κ1) is 6.84. The maximum atomic E-state index is 5.55. The molecular weight excluding hydrogens is 154 g/mol. The lowest BCUT2D eigenvalue weighted by Crippen LogP contribution is -1.86. The monoisotopic (exact) mass is 161 g/mol. The summed E-state index contributed by atoms with van der Waals surface area (Å²) in [5.41, 5.74) is 6.44. The highest BCUT2D eigenvalue weighted by Gasteiger charge is 2.05. The Labute approximate surface area is 69.1 Å². The molecule has 2 heterocycles. The zero-order valence-corrected chi connectivity index (χ0v) is 6.27. The van der Waals surface area contributed by atoms with E-state index in [-0.39, 0.29) is 0 Å². The lowest BCUT2D eigenvalue weighted by atomic mass is 10.2. The van der Waals surface area contributed by atoms with Crippen LogP contribution in [-0.2, 0) is 0 Å². The van der Waals surface area contributed by atoms with E-state index < -0.39 is 0 Å². The Morgan fingerprint density at radius 2 is 2.00 bits per heavy atom. The zero-order valence-electron chi connectivity index (χ0n) is 6.27. The molecule has 0 fully saturated rings. The van der Waals surface area contributed by atoms with Crippen molar-refractivity contribution in [3.63, 3.8) is 0 Å². The molecule has 0 saturated heterocycles. The minimum atomic E-state index is 0.404. The van der Waals surface area contributed by atoms with Gasteiger partial charge in [0.2, 0.25) is 0 Å². The van der Waals surface area contributed by atoms with E-state index in [1.807, 2.05) is 12.1 Å².